The number of rotatable bonds is 7. The van der Waals surface area contributed by atoms with Crippen LogP contribution in [0.4, 0.5) is 5.69 Å². The summed E-state index contributed by atoms with van der Waals surface area (Å²) in [6.45, 7) is 4.97. The molecule has 1 heterocycles. The molecule has 0 bridgehead atoms. The molecule has 30 heavy (non-hydrogen) atoms. The zero-order chi connectivity index (χ0) is 21.9. The molecule has 162 valence electrons. The van der Waals surface area contributed by atoms with Crippen LogP contribution in [0.1, 0.15) is 51.5 Å². The third-order valence-electron chi connectivity index (χ3n) is 5.88. The summed E-state index contributed by atoms with van der Waals surface area (Å²) in [5, 5.41) is 10.0. The van der Waals surface area contributed by atoms with Crippen molar-refractivity contribution in [3.8, 4) is 0 Å². The number of benzene rings is 1. The predicted octanol–water partition coefficient (Wildman–Crippen LogP) is 5.06. The van der Waals surface area contributed by atoms with Crippen molar-refractivity contribution in [1.29, 1.82) is 0 Å². The van der Waals surface area contributed by atoms with E-state index >= 15 is 0 Å². The molecule has 0 saturated heterocycles. The predicted molar refractivity (Wildman–Crippen MR) is 120 cm³/mol. The Labute approximate surface area is 183 Å². The van der Waals surface area contributed by atoms with E-state index in [9.17, 15) is 18.1 Å². The first kappa shape index (κ1) is 22.8. The van der Waals surface area contributed by atoms with Gasteiger partial charge in [-0.3, -0.25) is 0 Å². The number of allylic oxidation sites excluding steroid dienone is 5. The zero-order valence-corrected chi connectivity index (χ0v) is 19.0. The average Bonchev–Trinajstić information content (AvgIpc) is 2.90. The van der Waals surface area contributed by atoms with Crippen molar-refractivity contribution in [2.24, 2.45) is 0 Å². The number of unbranched alkanes of at least 4 members (excludes halogenated alkanes) is 1. The Morgan fingerprint density at radius 3 is 2.63 bits per heavy atom. The number of aliphatic hydroxyl groups excluding tert-OH is 1. The summed E-state index contributed by atoms with van der Waals surface area (Å²) in [5.74, 6) is -0.337. The third-order valence-corrected chi connectivity index (χ3v) is 7.15. The van der Waals surface area contributed by atoms with Crippen molar-refractivity contribution < 1.29 is 22.7 Å². The lowest BCUT2D eigenvalue weighted by molar-refractivity contribution is -0.438. The fourth-order valence-electron chi connectivity index (χ4n) is 4.28. The molecule has 3 rings (SSSR count). The van der Waals surface area contributed by atoms with E-state index in [-0.39, 0.29) is 11.2 Å². The zero-order valence-electron chi connectivity index (χ0n) is 17.4. The Bertz CT molecular complexity index is 1050. The van der Waals surface area contributed by atoms with E-state index in [2.05, 4.69) is 36.6 Å². The summed E-state index contributed by atoms with van der Waals surface area (Å²) in [6.07, 6.45) is 8.71. The van der Waals surface area contributed by atoms with Gasteiger partial charge in [-0.05, 0) is 45.1 Å². The summed E-state index contributed by atoms with van der Waals surface area (Å²) in [6, 6.07) is 8.20. The second kappa shape index (κ2) is 9.08. The number of aliphatic hydroxyl groups is 1. The molecule has 0 saturated carbocycles. The molecule has 0 fully saturated rings. The van der Waals surface area contributed by atoms with Crippen LogP contribution in [0.25, 0.3) is 0 Å². The normalized spacial score (nSPS) is 20.5. The van der Waals surface area contributed by atoms with Gasteiger partial charge in [-0.1, -0.05) is 35.9 Å². The van der Waals surface area contributed by atoms with E-state index in [1.807, 2.05) is 18.2 Å². The van der Waals surface area contributed by atoms with E-state index < -0.39 is 10.1 Å². The summed E-state index contributed by atoms with van der Waals surface area (Å²) in [5.41, 5.74) is 4.95. The van der Waals surface area contributed by atoms with E-state index in [1.54, 1.807) is 0 Å². The number of nitrogens with zero attached hydrogens (tertiary/aromatic N) is 1. The molecular formula is C23H28ClNO4S. The van der Waals surface area contributed by atoms with Gasteiger partial charge in [0.25, 0.3) is 0 Å². The van der Waals surface area contributed by atoms with Gasteiger partial charge >= 0.3 is 0 Å². The molecule has 1 aromatic rings. The second-order valence-corrected chi connectivity index (χ2v) is 10.2. The largest absolute Gasteiger partial charge is 0.748 e. The quantitative estimate of drug-likeness (QED) is 0.273. The topological polar surface area (TPSA) is 80.4 Å². The van der Waals surface area contributed by atoms with Crippen LogP contribution in [0.2, 0.25) is 0 Å². The number of halogens is 1. The van der Waals surface area contributed by atoms with E-state index in [0.29, 0.717) is 24.4 Å². The molecule has 1 N–H and O–H groups in total. The third kappa shape index (κ3) is 4.88. The number of fused-ring (bicyclic) bond motifs is 1. The smallest absolute Gasteiger partial charge is 0.209 e. The minimum Gasteiger partial charge on any atom is -0.748 e. The van der Waals surface area contributed by atoms with Gasteiger partial charge < -0.3 is 9.66 Å². The molecule has 0 spiro atoms. The summed E-state index contributed by atoms with van der Waals surface area (Å²) in [7, 11) is -4.19. The Balaban J connectivity index is 1.94. The van der Waals surface area contributed by atoms with Gasteiger partial charge in [0.1, 0.15) is 6.54 Å². The molecule has 0 unspecified atom stereocenters. The molecule has 2 aliphatic rings. The SMILES string of the molecule is CC1(C)C(/C=C/C2=C(Cl)C(=C/O)/CCC2)=[N+](CCCCS(=O)(=O)[O-])c2ccccc21. The highest BCUT2D eigenvalue weighted by Gasteiger charge is 2.43. The van der Waals surface area contributed by atoms with Crippen molar-refractivity contribution in [2.45, 2.75) is 51.4 Å². The molecule has 7 heteroatoms. The summed E-state index contributed by atoms with van der Waals surface area (Å²) < 4.78 is 35.0. The van der Waals surface area contributed by atoms with Gasteiger partial charge in [-0.25, -0.2) is 8.42 Å². The minimum absolute atomic E-state index is 0.227. The van der Waals surface area contributed by atoms with Gasteiger partial charge in [0.15, 0.2) is 5.71 Å². The maximum absolute atomic E-state index is 10.9. The lowest BCUT2D eigenvalue weighted by atomic mass is 9.81. The van der Waals surface area contributed by atoms with Crippen LogP contribution in [-0.4, -0.2) is 40.7 Å². The molecular weight excluding hydrogens is 422 g/mol. The van der Waals surface area contributed by atoms with Crippen molar-refractivity contribution >= 4 is 33.1 Å². The molecule has 0 radical (unpaired) electrons. The van der Waals surface area contributed by atoms with Crippen LogP contribution in [0.15, 0.2) is 58.9 Å². The van der Waals surface area contributed by atoms with E-state index in [0.717, 1.165) is 48.1 Å². The van der Waals surface area contributed by atoms with Gasteiger partial charge in [-0.2, -0.15) is 4.58 Å². The first-order chi connectivity index (χ1) is 14.1. The Hall–Kier alpha value is -1.89. The molecule has 1 aliphatic heterocycles. The van der Waals surface area contributed by atoms with Crippen molar-refractivity contribution in [1.82, 2.24) is 0 Å². The highest BCUT2D eigenvalue weighted by atomic mass is 35.5. The summed E-state index contributed by atoms with van der Waals surface area (Å²) >= 11 is 6.47. The monoisotopic (exact) mass is 449 g/mol. The first-order valence-electron chi connectivity index (χ1n) is 10.2. The number of hydrogen-bond acceptors (Lipinski definition) is 4. The lowest BCUT2D eigenvalue weighted by Gasteiger charge is -2.17. The van der Waals surface area contributed by atoms with Gasteiger partial charge in [0, 0.05) is 35.5 Å². The average molecular weight is 450 g/mol. The van der Waals surface area contributed by atoms with Crippen LogP contribution in [0, 0.1) is 0 Å². The maximum Gasteiger partial charge on any atom is 0.209 e. The molecule has 1 aliphatic carbocycles. The first-order valence-corrected chi connectivity index (χ1v) is 12.2. The molecule has 0 amide bonds. The van der Waals surface area contributed by atoms with Crippen LogP contribution < -0.4 is 0 Å². The molecule has 5 nitrogen and oxygen atoms in total. The number of para-hydroxylation sites is 1. The van der Waals surface area contributed by atoms with Crippen molar-refractivity contribution in [3.05, 3.63) is 64.4 Å². The highest BCUT2D eigenvalue weighted by molar-refractivity contribution is 7.85. The number of hydrogen-bond donors (Lipinski definition) is 1. The fraction of sp³-hybridized carbons (Fsp3) is 0.435. The van der Waals surface area contributed by atoms with Gasteiger partial charge in [0.05, 0.1) is 26.8 Å². The lowest BCUT2D eigenvalue weighted by Crippen LogP contribution is -2.28. The maximum atomic E-state index is 10.9. The van der Waals surface area contributed by atoms with Gasteiger partial charge in [0.2, 0.25) is 5.69 Å². The van der Waals surface area contributed by atoms with Crippen molar-refractivity contribution in [3.63, 3.8) is 0 Å². The molecule has 0 aromatic heterocycles. The van der Waals surface area contributed by atoms with Crippen LogP contribution in [-0.2, 0) is 15.5 Å². The Kier molecular flexibility index (Phi) is 6.90. The Morgan fingerprint density at radius 2 is 1.93 bits per heavy atom. The van der Waals surface area contributed by atoms with Crippen molar-refractivity contribution in [2.75, 3.05) is 12.3 Å². The van der Waals surface area contributed by atoms with Crippen LogP contribution in [0.5, 0.6) is 0 Å². The fourth-order valence-corrected chi connectivity index (χ4v) is 5.14. The summed E-state index contributed by atoms with van der Waals surface area (Å²) in [4.78, 5) is 0. The molecule has 1 aromatic carbocycles. The van der Waals surface area contributed by atoms with Gasteiger partial charge in [-0.15, -0.1) is 0 Å². The van der Waals surface area contributed by atoms with Crippen LogP contribution in [0.3, 0.4) is 0 Å². The minimum atomic E-state index is -4.19. The van der Waals surface area contributed by atoms with E-state index in [4.69, 9.17) is 11.6 Å². The van der Waals surface area contributed by atoms with Crippen LogP contribution >= 0.6 is 11.6 Å². The highest BCUT2D eigenvalue weighted by Crippen LogP contribution is 2.40. The van der Waals surface area contributed by atoms with E-state index in [1.165, 1.54) is 5.56 Å². The standard InChI is InChI=1S/C23H28ClNO4S/c1-23(2)19-10-3-4-11-20(19)25(14-5-6-15-30(27,28)29)21(23)13-12-17-8-7-9-18(16-26)22(17)24/h3-4,10-13,16H,5-9,14-15H2,1-2H3,(H,27,28,29). The molecule has 0 atom stereocenters. The Morgan fingerprint density at radius 1 is 1.20 bits per heavy atom. The second-order valence-electron chi connectivity index (χ2n) is 8.33.